The molecule has 0 saturated heterocycles. The quantitative estimate of drug-likeness (QED) is 0.497. The first-order valence-electron chi connectivity index (χ1n) is 9.65. The lowest BCUT2D eigenvalue weighted by Crippen LogP contribution is -2.49. The topological polar surface area (TPSA) is 91.8 Å². The SMILES string of the molecule is CC(C)C(=O)NC(Cc1c[nH]c2ccccc12)C(=O)NCCCn1cccn1. The normalized spacial score (nSPS) is 12.2. The maximum atomic E-state index is 12.8. The molecule has 3 N–H and O–H groups in total. The van der Waals surface area contributed by atoms with Crippen LogP contribution in [0, 0.1) is 5.92 Å². The highest BCUT2D eigenvalue weighted by molar-refractivity contribution is 5.90. The molecule has 28 heavy (non-hydrogen) atoms. The highest BCUT2D eigenvalue weighted by atomic mass is 16.2. The van der Waals surface area contributed by atoms with E-state index >= 15 is 0 Å². The van der Waals surface area contributed by atoms with Gasteiger partial charge in [0.15, 0.2) is 0 Å². The van der Waals surface area contributed by atoms with E-state index < -0.39 is 6.04 Å². The predicted octanol–water partition coefficient (Wildman–Crippen LogP) is 2.25. The number of carbonyl (C=O) groups excluding carboxylic acids is 2. The summed E-state index contributed by atoms with van der Waals surface area (Å²) in [7, 11) is 0. The lowest BCUT2D eigenvalue weighted by molar-refractivity contribution is -0.130. The largest absolute Gasteiger partial charge is 0.361 e. The third-order valence-electron chi connectivity index (χ3n) is 4.68. The Labute approximate surface area is 164 Å². The third-order valence-corrected chi connectivity index (χ3v) is 4.68. The number of amides is 2. The second-order valence-corrected chi connectivity index (χ2v) is 7.19. The number of nitrogens with zero attached hydrogens (tertiary/aromatic N) is 2. The van der Waals surface area contributed by atoms with Crippen LogP contribution in [0.15, 0.2) is 48.9 Å². The van der Waals surface area contributed by atoms with Crippen LogP contribution in [0.1, 0.15) is 25.8 Å². The van der Waals surface area contributed by atoms with Gasteiger partial charge < -0.3 is 15.6 Å². The average molecular weight is 381 g/mol. The first-order chi connectivity index (χ1) is 13.5. The summed E-state index contributed by atoms with van der Waals surface area (Å²) in [5.74, 6) is -0.477. The molecule has 1 aromatic carbocycles. The van der Waals surface area contributed by atoms with Crippen molar-refractivity contribution in [3.63, 3.8) is 0 Å². The van der Waals surface area contributed by atoms with Gasteiger partial charge in [0.05, 0.1) is 0 Å². The second-order valence-electron chi connectivity index (χ2n) is 7.19. The van der Waals surface area contributed by atoms with Crippen LogP contribution in [0.3, 0.4) is 0 Å². The van der Waals surface area contributed by atoms with E-state index in [4.69, 9.17) is 0 Å². The summed E-state index contributed by atoms with van der Waals surface area (Å²) < 4.78 is 1.83. The summed E-state index contributed by atoms with van der Waals surface area (Å²) in [5, 5.41) is 11.1. The zero-order valence-corrected chi connectivity index (χ0v) is 16.3. The van der Waals surface area contributed by atoms with Crippen molar-refractivity contribution in [1.29, 1.82) is 0 Å². The van der Waals surface area contributed by atoms with Crippen molar-refractivity contribution in [2.24, 2.45) is 5.92 Å². The van der Waals surface area contributed by atoms with E-state index in [1.54, 1.807) is 6.20 Å². The number of carbonyl (C=O) groups is 2. The number of aromatic amines is 1. The van der Waals surface area contributed by atoms with Gasteiger partial charge in [0.1, 0.15) is 6.04 Å². The van der Waals surface area contributed by atoms with E-state index in [0.717, 1.165) is 29.4 Å². The summed E-state index contributed by atoms with van der Waals surface area (Å²) in [6.07, 6.45) is 6.74. The highest BCUT2D eigenvalue weighted by Gasteiger charge is 2.23. The van der Waals surface area contributed by atoms with Crippen molar-refractivity contribution >= 4 is 22.7 Å². The van der Waals surface area contributed by atoms with Crippen LogP contribution in [0.4, 0.5) is 0 Å². The number of aromatic nitrogens is 3. The molecule has 0 bridgehead atoms. The van der Waals surface area contributed by atoms with Crippen LogP contribution in [0.5, 0.6) is 0 Å². The molecule has 0 radical (unpaired) electrons. The van der Waals surface area contributed by atoms with Gasteiger partial charge in [-0.25, -0.2) is 0 Å². The van der Waals surface area contributed by atoms with Gasteiger partial charge in [-0.05, 0) is 24.1 Å². The number of H-pyrrole nitrogens is 1. The fraction of sp³-hybridized carbons (Fsp3) is 0.381. The summed E-state index contributed by atoms with van der Waals surface area (Å²) >= 11 is 0. The fourth-order valence-corrected chi connectivity index (χ4v) is 3.08. The van der Waals surface area contributed by atoms with E-state index in [1.807, 2.05) is 61.3 Å². The van der Waals surface area contributed by atoms with Crippen LogP contribution in [0.25, 0.3) is 10.9 Å². The van der Waals surface area contributed by atoms with Gasteiger partial charge in [-0.1, -0.05) is 32.0 Å². The number of aryl methyl sites for hydroxylation is 1. The summed E-state index contributed by atoms with van der Waals surface area (Å²) in [4.78, 5) is 28.2. The van der Waals surface area contributed by atoms with Gasteiger partial charge in [-0.2, -0.15) is 5.10 Å². The molecule has 2 amide bonds. The molecule has 148 valence electrons. The Morgan fingerprint density at radius 3 is 2.75 bits per heavy atom. The molecule has 0 aliphatic carbocycles. The molecule has 1 unspecified atom stereocenters. The Kier molecular flexibility index (Phi) is 6.47. The first kappa shape index (κ1) is 19.7. The van der Waals surface area contributed by atoms with E-state index in [9.17, 15) is 9.59 Å². The van der Waals surface area contributed by atoms with Crippen molar-refractivity contribution in [1.82, 2.24) is 25.4 Å². The molecule has 2 heterocycles. The van der Waals surface area contributed by atoms with E-state index in [1.165, 1.54) is 0 Å². The number of hydrogen-bond donors (Lipinski definition) is 3. The van der Waals surface area contributed by atoms with Crippen LogP contribution in [-0.4, -0.2) is 39.2 Å². The second kappa shape index (κ2) is 9.21. The maximum Gasteiger partial charge on any atom is 0.242 e. The van der Waals surface area contributed by atoms with Crippen molar-refractivity contribution in [3.05, 3.63) is 54.5 Å². The molecule has 0 aliphatic rings. The fourth-order valence-electron chi connectivity index (χ4n) is 3.08. The van der Waals surface area contributed by atoms with Gasteiger partial charge in [-0.15, -0.1) is 0 Å². The molecule has 0 fully saturated rings. The number of benzene rings is 1. The Morgan fingerprint density at radius 1 is 1.18 bits per heavy atom. The minimum absolute atomic E-state index is 0.128. The first-order valence-corrected chi connectivity index (χ1v) is 9.65. The minimum atomic E-state index is -0.612. The Hall–Kier alpha value is -3.09. The number of fused-ring (bicyclic) bond motifs is 1. The molecular formula is C21H27N5O2. The van der Waals surface area contributed by atoms with Crippen LogP contribution in [0.2, 0.25) is 0 Å². The monoisotopic (exact) mass is 381 g/mol. The van der Waals surface area contributed by atoms with Crippen LogP contribution in [-0.2, 0) is 22.6 Å². The van der Waals surface area contributed by atoms with Gasteiger partial charge in [-0.3, -0.25) is 14.3 Å². The van der Waals surface area contributed by atoms with Gasteiger partial charge in [0.2, 0.25) is 11.8 Å². The molecule has 3 aromatic rings. The third kappa shape index (κ3) is 5.00. The molecule has 0 saturated carbocycles. The lowest BCUT2D eigenvalue weighted by Gasteiger charge is -2.19. The van der Waals surface area contributed by atoms with Crippen LogP contribution < -0.4 is 10.6 Å². The van der Waals surface area contributed by atoms with E-state index in [-0.39, 0.29) is 17.7 Å². The Bertz CT molecular complexity index is 914. The molecule has 1 atom stereocenters. The summed E-state index contributed by atoms with van der Waals surface area (Å²) in [6.45, 7) is 4.90. The Morgan fingerprint density at radius 2 is 2.00 bits per heavy atom. The van der Waals surface area contributed by atoms with Crippen molar-refractivity contribution in [3.8, 4) is 0 Å². The number of para-hydroxylation sites is 1. The maximum absolute atomic E-state index is 12.8. The lowest BCUT2D eigenvalue weighted by atomic mass is 10.0. The van der Waals surface area contributed by atoms with Gasteiger partial charge in [0, 0.05) is 54.9 Å². The zero-order chi connectivity index (χ0) is 19.9. The Balaban J connectivity index is 1.63. The smallest absolute Gasteiger partial charge is 0.242 e. The average Bonchev–Trinajstić information content (AvgIpc) is 3.34. The molecule has 0 spiro atoms. The summed E-state index contributed by atoms with van der Waals surface area (Å²) in [6, 6.07) is 9.21. The standard InChI is InChI=1S/C21H27N5O2/c1-15(2)20(27)25-19(13-16-14-23-18-8-4-3-7-17(16)18)21(28)22-9-5-11-26-12-6-10-24-26/h3-4,6-8,10,12,14-15,19,23H,5,9,11,13H2,1-2H3,(H,22,28)(H,25,27). The molecule has 7 nitrogen and oxygen atoms in total. The van der Waals surface area contributed by atoms with E-state index in [2.05, 4.69) is 20.7 Å². The van der Waals surface area contributed by atoms with Crippen molar-refractivity contribution in [2.75, 3.05) is 6.54 Å². The molecule has 7 heteroatoms. The molecular weight excluding hydrogens is 354 g/mol. The molecule has 0 aliphatic heterocycles. The van der Waals surface area contributed by atoms with Crippen molar-refractivity contribution < 1.29 is 9.59 Å². The van der Waals surface area contributed by atoms with Crippen LogP contribution >= 0.6 is 0 Å². The molecule has 3 rings (SSSR count). The zero-order valence-electron chi connectivity index (χ0n) is 16.3. The molecule has 2 aromatic heterocycles. The number of hydrogen-bond acceptors (Lipinski definition) is 3. The van der Waals surface area contributed by atoms with Gasteiger partial charge in [0.25, 0.3) is 0 Å². The number of nitrogens with one attached hydrogen (secondary N) is 3. The minimum Gasteiger partial charge on any atom is -0.361 e. The number of rotatable bonds is 9. The van der Waals surface area contributed by atoms with Gasteiger partial charge >= 0.3 is 0 Å². The van der Waals surface area contributed by atoms with Crippen molar-refractivity contribution in [2.45, 2.75) is 39.3 Å². The highest BCUT2D eigenvalue weighted by Crippen LogP contribution is 2.19. The summed E-state index contributed by atoms with van der Waals surface area (Å²) in [5.41, 5.74) is 2.03. The van der Waals surface area contributed by atoms with E-state index in [0.29, 0.717) is 13.0 Å². The predicted molar refractivity (Wildman–Crippen MR) is 109 cm³/mol.